The van der Waals surface area contributed by atoms with Gasteiger partial charge in [0.2, 0.25) is 0 Å². The summed E-state index contributed by atoms with van der Waals surface area (Å²) < 4.78 is 0. The molecule has 0 saturated heterocycles. The van der Waals surface area contributed by atoms with E-state index in [4.69, 9.17) is 0 Å². The standard InChI is InChI=1S/C26H32N2O3/c1-16-12-19-13-18-14-21(29)6-5-17(18)9-10-26(19,31)23-8-7-22(25(16,23)2)24(30)28-20-4-3-11-27-15-20/h3-4,7,11-13,15-17,21,23,29,31H,5-6,8-10,14H2,1-2H3,(H,28,30)/t16?,17?,21?,23?,25?,26-/m1/s1. The van der Waals surface area contributed by atoms with Gasteiger partial charge in [0.15, 0.2) is 0 Å². The molecule has 1 aromatic rings. The first-order valence-electron chi connectivity index (χ1n) is 11.6. The van der Waals surface area contributed by atoms with Crippen molar-refractivity contribution in [3.05, 3.63) is 59.5 Å². The lowest BCUT2D eigenvalue weighted by Gasteiger charge is -2.51. The number of fused-ring (bicyclic) bond motifs is 4. The van der Waals surface area contributed by atoms with Gasteiger partial charge in [-0.15, -0.1) is 0 Å². The minimum absolute atomic E-state index is 0.0356. The smallest absolute Gasteiger partial charge is 0.251 e. The Morgan fingerprint density at radius 2 is 2.13 bits per heavy atom. The Morgan fingerprint density at radius 3 is 2.90 bits per heavy atom. The second-order valence-corrected chi connectivity index (χ2v) is 10.1. The van der Waals surface area contributed by atoms with E-state index in [-0.39, 0.29) is 23.8 Å². The molecule has 1 heterocycles. The number of aliphatic hydroxyl groups is 2. The number of hydrogen-bond donors (Lipinski definition) is 3. The maximum absolute atomic E-state index is 13.2. The van der Waals surface area contributed by atoms with Gasteiger partial charge >= 0.3 is 0 Å². The molecule has 3 N–H and O–H groups in total. The molecule has 0 aromatic carbocycles. The van der Waals surface area contributed by atoms with Crippen LogP contribution in [0.1, 0.15) is 52.4 Å². The number of nitrogens with zero attached hydrogens (tertiary/aromatic N) is 1. The van der Waals surface area contributed by atoms with E-state index in [0.717, 1.165) is 30.4 Å². The molecule has 0 aliphatic heterocycles. The third-order valence-electron chi connectivity index (χ3n) is 8.54. The molecule has 6 atom stereocenters. The summed E-state index contributed by atoms with van der Waals surface area (Å²) in [6, 6.07) is 3.64. The van der Waals surface area contributed by atoms with Crippen molar-refractivity contribution in [1.29, 1.82) is 0 Å². The number of allylic oxidation sites excluding steroid dienone is 2. The minimum Gasteiger partial charge on any atom is -0.393 e. The van der Waals surface area contributed by atoms with Crippen LogP contribution in [-0.4, -0.2) is 32.8 Å². The van der Waals surface area contributed by atoms with Crippen molar-refractivity contribution in [2.45, 2.75) is 64.1 Å². The van der Waals surface area contributed by atoms with E-state index in [2.05, 4.69) is 36.3 Å². The maximum Gasteiger partial charge on any atom is 0.251 e. The van der Waals surface area contributed by atoms with Crippen molar-refractivity contribution in [2.75, 3.05) is 5.32 Å². The fourth-order valence-electron chi connectivity index (χ4n) is 6.61. The average Bonchev–Trinajstić information content (AvgIpc) is 3.05. The number of aliphatic hydroxyl groups excluding tert-OH is 1. The van der Waals surface area contributed by atoms with E-state index in [0.29, 0.717) is 30.9 Å². The molecule has 31 heavy (non-hydrogen) atoms. The molecule has 1 fully saturated rings. The molecule has 5 unspecified atom stereocenters. The monoisotopic (exact) mass is 420 g/mol. The predicted octanol–water partition coefficient (Wildman–Crippen LogP) is 4.16. The van der Waals surface area contributed by atoms with Crippen LogP contribution in [0.25, 0.3) is 0 Å². The van der Waals surface area contributed by atoms with Crippen LogP contribution in [0.4, 0.5) is 5.69 Å². The van der Waals surface area contributed by atoms with Crippen molar-refractivity contribution < 1.29 is 15.0 Å². The second kappa shape index (κ2) is 7.42. The quantitative estimate of drug-likeness (QED) is 0.671. The van der Waals surface area contributed by atoms with Gasteiger partial charge in [-0.05, 0) is 68.1 Å². The van der Waals surface area contributed by atoms with Crippen LogP contribution in [-0.2, 0) is 4.79 Å². The van der Waals surface area contributed by atoms with Crippen molar-refractivity contribution in [1.82, 2.24) is 4.98 Å². The van der Waals surface area contributed by atoms with Crippen LogP contribution in [0.3, 0.4) is 0 Å². The van der Waals surface area contributed by atoms with Crippen molar-refractivity contribution >= 4 is 11.6 Å². The summed E-state index contributed by atoms with van der Waals surface area (Å²) in [5.41, 5.74) is 2.36. The number of nitrogens with one attached hydrogen (secondary N) is 1. The molecule has 4 aliphatic rings. The fourth-order valence-corrected chi connectivity index (χ4v) is 6.61. The Labute approximate surface area is 184 Å². The van der Waals surface area contributed by atoms with Crippen LogP contribution in [0.15, 0.2) is 59.5 Å². The van der Waals surface area contributed by atoms with Crippen molar-refractivity contribution in [3.63, 3.8) is 0 Å². The van der Waals surface area contributed by atoms with Gasteiger partial charge in [0, 0.05) is 23.1 Å². The number of carbonyl (C=O) groups is 1. The lowest BCUT2D eigenvalue weighted by molar-refractivity contribution is -0.115. The first-order valence-corrected chi connectivity index (χ1v) is 11.6. The maximum atomic E-state index is 13.2. The topological polar surface area (TPSA) is 82.5 Å². The number of amides is 1. The first-order chi connectivity index (χ1) is 14.8. The van der Waals surface area contributed by atoms with Gasteiger partial charge in [-0.25, -0.2) is 0 Å². The molecule has 1 saturated carbocycles. The highest BCUT2D eigenvalue weighted by Gasteiger charge is 2.59. The molecular weight excluding hydrogens is 388 g/mol. The minimum atomic E-state index is -0.941. The summed E-state index contributed by atoms with van der Waals surface area (Å²) in [6.45, 7) is 4.30. The Balaban J connectivity index is 1.48. The molecule has 0 radical (unpaired) electrons. The zero-order valence-electron chi connectivity index (χ0n) is 18.3. The van der Waals surface area contributed by atoms with E-state index < -0.39 is 11.0 Å². The molecule has 5 rings (SSSR count). The van der Waals surface area contributed by atoms with Gasteiger partial charge in [0.25, 0.3) is 5.91 Å². The number of carbonyl (C=O) groups excluding carboxylic acids is 1. The van der Waals surface area contributed by atoms with E-state index in [9.17, 15) is 15.0 Å². The molecule has 1 aromatic heterocycles. The third kappa shape index (κ3) is 3.21. The second-order valence-electron chi connectivity index (χ2n) is 10.1. The molecule has 5 nitrogen and oxygen atoms in total. The molecule has 4 aliphatic carbocycles. The predicted molar refractivity (Wildman–Crippen MR) is 120 cm³/mol. The van der Waals surface area contributed by atoms with Gasteiger partial charge in [-0.2, -0.15) is 0 Å². The van der Waals surface area contributed by atoms with Gasteiger partial charge in [0.1, 0.15) is 0 Å². The number of pyridine rings is 1. The van der Waals surface area contributed by atoms with Crippen LogP contribution in [0.5, 0.6) is 0 Å². The zero-order chi connectivity index (χ0) is 21.8. The Kier molecular flexibility index (Phi) is 4.94. The van der Waals surface area contributed by atoms with Gasteiger partial charge in [-0.1, -0.05) is 37.6 Å². The number of anilines is 1. The van der Waals surface area contributed by atoms with Gasteiger partial charge in [0.05, 0.1) is 23.6 Å². The SMILES string of the molecule is CC1C=C2C=C3CC(O)CCC3CC[C@]2(O)C2CC=C(C(=O)Nc3cccnc3)C12C. The summed E-state index contributed by atoms with van der Waals surface area (Å²) >= 11 is 0. The van der Waals surface area contributed by atoms with Crippen molar-refractivity contribution in [2.24, 2.45) is 23.2 Å². The van der Waals surface area contributed by atoms with Crippen LogP contribution in [0.2, 0.25) is 0 Å². The van der Waals surface area contributed by atoms with E-state index in [1.807, 2.05) is 12.1 Å². The molecule has 1 amide bonds. The van der Waals surface area contributed by atoms with Crippen molar-refractivity contribution in [3.8, 4) is 0 Å². The van der Waals surface area contributed by atoms with E-state index >= 15 is 0 Å². The summed E-state index contributed by atoms with van der Waals surface area (Å²) in [4.78, 5) is 17.3. The summed E-state index contributed by atoms with van der Waals surface area (Å²) in [7, 11) is 0. The number of rotatable bonds is 2. The Bertz CT molecular complexity index is 982. The Morgan fingerprint density at radius 1 is 1.29 bits per heavy atom. The van der Waals surface area contributed by atoms with Gasteiger partial charge < -0.3 is 15.5 Å². The van der Waals surface area contributed by atoms with Crippen LogP contribution in [0, 0.1) is 23.2 Å². The lowest BCUT2D eigenvalue weighted by atomic mass is 9.55. The van der Waals surface area contributed by atoms with E-state index in [1.165, 1.54) is 5.57 Å². The van der Waals surface area contributed by atoms with E-state index in [1.54, 1.807) is 18.5 Å². The van der Waals surface area contributed by atoms with Crippen LogP contribution >= 0.6 is 0 Å². The largest absolute Gasteiger partial charge is 0.393 e. The third-order valence-corrected chi connectivity index (χ3v) is 8.54. The molecular formula is C26H32N2O3. The highest BCUT2D eigenvalue weighted by Crippen LogP contribution is 2.61. The summed E-state index contributed by atoms with van der Waals surface area (Å²) in [5.74, 6) is 0.423. The first kappa shape index (κ1) is 20.7. The fraction of sp³-hybridized carbons (Fsp3) is 0.538. The summed E-state index contributed by atoms with van der Waals surface area (Å²) in [5, 5.41) is 25.2. The van der Waals surface area contributed by atoms with Crippen LogP contribution < -0.4 is 5.32 Å². The lowest BCUT2D eigenvalue weighted by Crippen LogP contribution is -2.52. The van der Waals surface area contributed by atoms with Gasteiger partial charge in [-0.3, -0.25) is 9.78 Å². The highest BCUT2D eigenvalue weighted by molar-refractivity contribution is 6.05. The molecule has 0 bridgehead atoms. The number of aromatic nitrogens is 1. The number of hydrogen-bond acceptors (Lipinski definition) is 4. The zero-order valence-corrected chi connectivity index (χ0v) is 18.3. The average molecular weight is 421 g/mol. The summed E-state index contributed by atoms with van der Waals surface area (Å²) in [6.07, 6.45) is 14.4. The normalized spacial score (nSPS) is 39.2. The Hall–Kier alpha value is -2.24. The molecule has 164 valence electrons. The molecule has 5 heteroatoms. The molecule has 0 spiro atoms. The highest BCUT2D eigenvalue weighted by atomic mass is 16.3.